The Kier molecular flexibility index (Phi) is 11.3. The molecule has 9 N–H and O–H groups in total. The van der Waals surface area contributed by atoms with Gasteiger partial charge in [-0.15, -0.1) is 0 Å². The summed E-state index contributed by atoms with van der Waals surface area (Å²) >= 11 is 0. The fraction of sp³-hybridized carbons (Fsp3) is 0. The summed E-state index contributed by atoms with van der Waals surface area (Å²) in [5, 5.41) is 110. The van der Waals surface area contributed by atoms with Crippen molar-refractivity contribution in [3.05, 3.63) is 53.1 Å². The van der Waals surface area contributed by atoms with Crippen molar-refractivity contribution in [3.63, 3.8) is 0 Å². The molecule has 0 aromatic heterocycles. The van der Waals surface area contributed by atoms with Crippen LogP contribution in [0.4, 0.5) is 0 Å². The molecule has 0 amide bonds. The quantitative estimate of drug-likeness (QED) is 0.173. The number of carboxylic acid groups (broad SMARTS) is 3. The second kappa shape index (κ2) is 13.1. The van der Waals surface area contributed by atoms with Crippen molar-refractivity contribution in [2.75, 3.05) is 0 Å². The normalized spacial score (nSPS) is 9.41. The fourth-order valence-electron chi connectivity index (χ4n) is 2.17. The van der Waals surface area contributed by atoms with Crippen LogP contribution in [0.3, 0.4) is 0 Å². The Balaban J connectivity index is 0.000000518. The summed E-state index contributed by atoms with van der Waals surface area (Å²) in [7, 11) is 0. The Morgan fingerprint density at radius 1 is 0.432 bits per heavy atom. The number of hydrogen-bond donors (Lipinski definition) is 9. The molecule has 37 heavy (non-hydrogen) atoms. The van der Waals surface area contributed by atoms with Crippen molar-refractivity contribution in [2.24, 2.45) is 0 Å². The first kappa shape index (κ1) is 31.9. The number of hydrogen-bond acceptors (Lipinski definition) is 12. The molecule has 3 aromatic carbocycles. The van der Waals surface area contributed by atoms with Crippen LogP contribution < -0.4 is 15.3 Å². The minimum absolute atomic E-state index is 0. The van der Waals surface area contributed by atoms with Gasteiger partial charge in [0.25, 0.3) is 0 Å². The third-order valence-electron chi connectivity index (χ3n) is 3.89. The maximum atomic E-state index is 10.7. The molecule has 0 radical (unpaired) electrons. The summed E-state index contributed by atoms with van der Waals surface area (Å²) in [4.78, 5) is 30.9. The number of benzene rings is 3. The number of phenols is 6. The molecule has 0 aliphatic rings. The van der Waals surface area contributed by atoms with Crippen molar-refractivity contribution in [2.45, 2.75) is 0 Å². The maximum Gasteiger partial charge on any atom is 3.00 e. The van der Waals surface area contributed by atoms with Crippen LogP contribution in [-0.2, 0) is 0 Å². The average molecular weight is 577 g/mol. The van der Waals surface area contributed by atoms with Crippen molar-refractivity contribution in [1.29, 1.82) is 0 Å². The molecule has 0 aliphatic carbocycles. The minimum Gasteiger partial charge on any atom is -0.867 e. The van der Waals surface area contributed by atoms with Crippen LogP contribution in [0, 0.1) is 0 Å². The van der Waals surface area contributed by atoms with E-state index in [1.165, 1.54) is 0 Å². The molecule has 192 valence electrons. The Bertz CT molecular complexity index is 1090. The van der Waals surface area contributed by atoms with Crippen molar-refractivity contribution in [3.8, 4) is 51.7 Å². The third-order valence-corrected chi connectivity index (χ3v) is 3.89. The predicted molar refractivity (Wildman–Crippen MR) is 114 cm³/mol. The molecule has 0 heterocycles. The summed E-state index contributed by atoms with van der Waals surface area (Å²) in [6.45, 7) is 0. The van der Waals surface area contributed by atoms with E-state index in [1.807, 2.05) is 0 Å². The van der Waals surface area contributed by atoms with Gasteiger partial charge in [-0.05, 0) is 53.6 Å². The van der Waals surface area contributed by atoms with Crippen LogP contribution in [0.2, 0.25) is 0 Å². The number of carbonyl (C=O) groups is 3. The van der Waals surface area contributed by atoms with Crippen molar-refractivity contribution >= 4 is 37.7 Å². The monoisotopic (exact) mass is 576 g/mol. The first-order valence-corrected chi connectivity index (χ1v) is 8.95. The first-order chi connectivity index (χ1) is 16.6. The SMILES string of the molecule is O=C(O)c1cc(O)c([O-])c(O)c1.O=C(O)c1cc(O)c([O-])c(O)c1.O=C(O)c1cc(O)c([O-])c(O)c1.[Ga+3]. The molecule has 0 unspecified atom stereocenters. The molecule has 16 heteroatoms. The van der Waals surface area contributed by atoms with E-state index in [4.69, 9.17) is 46.0 Å². The fourth-order valence-corrected chi connectivity index (χ4v) is 2.17. The van der Waals surface area contributed by atoms with Gasteiger partial charge in [-0.3, -0.25) is 0 Å². The molecule has 0 fully saturated rings. The molecule has 0 saturated heterocycles. The van der Waals surface area contributed by atoms with Crippen LogP contribution in [0.1, 0.15) is 31.1 Å². The van der Waals surface area contributed by atoms with E-state index in [0.29, 0.717) is 0 Å². The van der Waals surface area contributed by atoms with Gasteiger partial charge < -0.3 is 61.3 Å². The topological polar surface area (TPSA) is 302 Å². The van der Waals surface area contributed by atoms with Crippen LogP contribution >= 0.6 is 0 Å². The molecule has 0 bridgehead atoms. The van der Waals surface area contributed by atoms with Crippen molar-refractivity contribution in [1.82, 2.24) is 0 Å². The van der Waals surface area contributed by atoms with Crippen LogP contribution in [0.25, 0.3) is 0 Å². The van der Waals surface area contributed by atoms with E-state index in [9.17, 15) is 29.7 Å². The predicted octanol–water partition coefficient (Wildman–Crippen LogP) is -0.772. The van der Waals surface area contributed by atoms with Gasteiger partial charge in [-0.1, -0.05) is 0 Å². The second-order valence-electron chi connectivity index (χ2n) is 6.45. The number of aromatic hydroxyl groups is 6. The summed E-state index contributed by atoms with van der Waals surface area (Å²) in [6, 6.07) is 4.69. The van der Waals surface area contributed by atoms with E-state index in [1.54, 1.807) is 0 Å². The van der Waals surface area contributed by atoms with Gasteiger partial charge in [-0.25, -0.2) is 14.4 Å². The summed E-state index contributed by atoms with van der Waals surface area (Å²) in [5.41, 5.74) is -0.987. The summed E-state index contributed by atoms with van der Waals surface area (Å²) in [6.07, 6.45) is 0. The minimum atomic E-state index is -1.32. The van der Waals surface area contributed by atoms with Crippen LogP contribution in [0.15, 0.2) is 36.4 Å². The molecule has 15 nitrogen and oxygen atoms in total. The van der Waals surface area contributed by atoms with E-state index < -0.39 is 69.7 Å². The van der Waals surface area contributed by atoms with Crippen LogP contribution in [0.5, 0.6) is 51.7 Å². The number of aromatic carboxylic acids is 3. The zero-order chi connectivity index (χ0) is 27.9. The van der Waals surface area contributed by atoms with Gasteiger partial charge in [0, 0.05) is 0 Å². The van der Waals surface area contributed by atoms with Gasteiger partial charge in [0.1, 0.15) is 34.5 Å². The van der Waals surface area contributed by atoms with Crippen molar-refractivity contribution < 1.29 is 75.7 Å². The molecular formula is C21H15GaO15. The van der Waals surface area contributed by atoms with Gasteiger partial charge in [0.2, 0.25) is 0 Å². The molecule has 0 saturated carbocycles. The second-order valence-corrected chi connectivity index (χ2v) is 6.45. The number of carboxylic acids is 3. The molecule has 0 spiro atoms. The number of phenolic OH excluding ortho intramolecular Hbond substituents is 6. The molecule has 3 aromatic rings. The van der Waals surface area contributed by atoms with Gasteiger partial charge in [0.15, 0.2) is 0 Å². The summed E-state index contributed by atoms with van der Waals surface area (Å²) in [5.74, 6) is -11.5. The first-order valence-electron chi connectivity index (χ1n) is 8.95. The van der Waals surface area contributed by atoms with E-state index in [0.717, 1.165) is 36.4 Å². The van der Waals surface area contributed by atoms with Crippen LogP contribution in [-0.4, -0.2) is 83.7 Å². The molecular weight excluding hydrogens is 562 g/mol. The smallest absolute Gasteiger partial charge is 0.867 e. The summed E-state index contributed by atoms with van der Waals surface area (Å²) < 4.78 is 0. The van der Waals surface area contributed by atoms with E-state index in [-0.39, 0.29) is 36.5 Å². The Morgan fingerprint density at radius 3 is 0.676 bits per heavy atom. The Morgan fingerprint density at radius 2 is 0.568 bits per heavy atom. The Hall–Kier alpha value is -5.09. The van der Waals surface area contributed by atoms with E-state index in [2.05, 4.69) is 0 Å². The van der Waals surface area contributed by atoms with Gasteiger partial charge in [-0.2, -0.15) is 0 Å². The number of rotatable bonds is 3. The molecule has 0 aliphatic heterocycles. The standard InChI is InChI=1S/3C7H6O5.Ga/c3*8-4-1-3(7(11)12)2-5(9)6(4)10;/h3*1-2,8-10H,(H,11,12);/q;;;+3/p-3. The van der Waals surface area contributed by atoms with Gasteiger partial charge in [0.05, 0.1) is 16.7 Å². The molecule has 0 atom stereocenters. The Labute approximate surface area is 218 Å². The molecule has 3 rings (SSSR count). The largest absolute Gasteiger partial charge is 3.00 e. The average Bonchev–Trinajstić information content (AvgIpc) is 2.79. The third kappa shape index (κ3) is 8.57. The zero-order valence-electron chi connectivity index (χ0n) is 18.0. The van der Waals surface area contributed by atoms with Gasteiger partial charge >= 0.3 is 37.7 Å². The van der Waals surface area contributed by atoms with E-state index >= 15 is 0 Å². The maximum absolute atomic E-state index is 10.7. The zero-order valence-corrected chi connectivity index (χ0v) is 20.4.